The van der Waals surface area contributed by atoms with Crippen molar-refractivity contribution in [2.24, 2.45) is 5.92 Å². The van der Waals surface area contributed by atoms with E-state index in [2.05, 4.69) is 11.2 Å². The summed E-state index contributed by atoms with van der Waals surface area (Å²) in [5.41, 5.74) is 1.29. The average molecular weight is 396 g/mol. The summed E-state index contributed by atoms with van der Waals surface area (Å²) in [5.74, 6) is 2.06. The molecule has 3 rings (SSSR count). The Morgan fingerprint density at radius 2 is 1.79 bits per heavy atom. The van der Waals surface area contributed by atoms with Gasteiger partial charge in [0.25, 0.3) is 0 Å². The monoisotopic (exact) mass is 396 g/mol. The number of benzene rings is 1. The molecule has 4 amide bonds. The third kappa shape index (κ3) is 5.29. The van der Waals surface area contributed by atoms with Crippen LogP contribution in [0.1, 0.15) is 31.2 Å². The van der Waals surface area contributed by atoms with E-state index in [0.717, 1.165) is 25.9 Å². The van der Waals surface area contributed by atoms with Crippen molar-refractivity contribution < 1.29 is 14.4 Å². The van der Waals surface area contributed by atoms with Crippen LogP contribution in [0.25, 0.3) is 0 Å². The molecular formula is C22H28N4O3. The van der Waals surface area contributed by atoms with Crippen LogP contribution in [-0.4, -0.2) is 72.3 Å². The fraction of sp³-hybridized carbons (Fsp3) is 0.500. The summed E-state index contributed by atoms with van der Waals surface area (Å²) in [4.78, 5) is 42.7. The summed E-state index contributed by atoms with van der Waals surface area (Å²) < 4.78 is 0. The molecule has 0 radical (unpaired) electrons. The van der Waals surface area contributed by atoms with Crippen LogP contribution in [0.2, 0.25) is 0 Å². The van der Waals surface area contributed by atoms with Gasteiger partial charge in [0.1, 0.15) is 0 Å². The van der Waals surface area contributed by atoms with E-state index >= 15 is 0 Å². The fourth-order valence-electron chi connectivity index (χ4n) is 3.92. The molecule has 7 nitrogen and oxygen atoms in total. The number of carbonyl (C=O) groups excluding carboxylic acids is 3. The quantitative estimate of drug-likeness (QED) is 0.791. The largest absolute Gasteiger partial charge is 0.336 e. The van der Waals surface area contributed by atoms with Gasteiger partial charge in [-0.25, -0.2) is 4.79 Å². The van der Waals surface area contributed by atoms with Crippen molar-refractivity contribution in [3.8, 4) is 12.3 Å². The Balaban J connectivity index is 1.45. The number of carbonyl (C=O) groups is 3. The number of nitrogens with zero attached hydrogens (tertiary/aromatic N) is 3. The predicted molar refractivity (Wildman–Crippen MR) is 111 cm³/mol. The number of rotatable bonds is 4. The third-order valence-electron chi connectivity index (χ3n) is 5.56. The molecule has 0 bridgehead atoms. The molecule has 2 heterocycles. The number of likely N-dealkylation sites (tertiary alicyclic amines) is 2. The van der Waals surface area contributed by atoms with Crippen LogP contribution in [0.15, 0.2) is 24.3 Å². The van der Waals surface area contributed by atoms with Crippen LogP contribution in [0, 0.1) is 18.3 Å². The normalized spacial score (nSPS) is 17.0. The van der Waals surface area contributed by atoms with Crippen LogP contribution in [-0.2, 0) is 9.59 Å². The summed E-state index contributed by atoms with van der Waals surface area (Å²) >= 11 is 0. The molecule has 0 aromatic heterocycles. The van der Waals surface area contributed by atoms with Crippen molar-refractivity contribution in [3.05, 3.63) is 29.8 Å². The number of hydrogen-bond donors (Lipinski definition) is 1. The summed E-state index contributed by atoms with van der Waals surface area (Å²) in [6, 6.07) is 7.12. The van der Waals surface area contributed by atoms with Gasteiger partial charge in [-0.15, -0.1) is 6.42 Å². The number of amides is 4. The highest BCUT2D eigenvalue weighted by atomic mass is 16.2. The molecule has 7 heteroatoms. The van der Waals surface area contributed by atoms with Gasteiger partial charge >= 0.3 is 6.03 Å². The molecule has 0 aliphatic carbocycles. The summed E-state index contributed by atoms with van der Waals surface area (Å²) in [7, 11) is 1.64. The van der Waals surface area contributed by atoms with E-state index in [0.29, 0.717) is 37.2 Å². The Hall–Kier alpha value is -3.01. The number of anilines is 1. The lowest BCUT2D eigenvalue weighted by Crippen LogP contribution is -2.48. The molecule has 2 aliphatic rings. The van der Waals surface area contributed by atoms with Crippen molar-refractivity contribution in [1.82, 2.24) is 14.7 Å². The van der Waals surface area contributed by atoms with Gasteiger partial charge in [-0.1, -0.05) is 12.0 Å². The Morgan fingerprint density at radius 3 is 2.45 bits per heavy atom. The first kappa shape index (κ1) is 20.7. The summed E-state index contributed by atoms with van der Waals surface area (Å²) in [6.07, 6.45) is 8.78. The number of urea groups is 1. The molecule has 0 spiro atoms. The van der Waals surface area contributed by atoms with Crippen molar-refractivity contribution in [3.63, 3.8) is 0 Å². The molecule has 2 saturated heterocycles. The van der Waals surface area contributed by atoms with E-state index in [9.17, 15) is 14.4 Å². The lowest BCUT2D eigenvalue weighted by atomic mass is 9.95. The molecule has 29 heavy (non-hydrogen) atoms. The molecule has 1 aromatic rings. The first-order valence-electron chi connectivity index (χ1n) is 10.1. The lowest BCUT2D eigenvalue weighted by molar-refractivity contribution is -0.138. The number of nitrogens with one attached hydrogen (secondary N) is 1. The number of piperidine rings is 1. The van der Waals surface area contributed by atoms with Crippen LogP contribution in [0.3, 0.4) is 0 Å². The third-order valence-corrected chi connectivity index (χ3v) is 5.56. The first-order valence-corrected chi connectivity index (χ1v) is 10.1. The highest BCUT2D eigenvalue weighted by Gasteiger charge is 2.32. The molecular weight excluding hydrogens is 368 g/mol. The maximum Gasteiger partial charge on any atom is 0.319 e. The van der Waals surface area contributed by atoms with Crippen LogP contribution in [0.5, 0.6) is 0 Å². The zero-order valence-corrected chi connectivity index (χ0v) is 16.9. The standard InChI is InChI=1S/C22H28N4O3/c1-3-17-7-6-8-19(15-17)23-20(27)16-24(2)21(28)18-9-13-26(14-10-18)22(29)25-11-4-5-12-25/h1,6-8,15,18H,4-5,9-14,16H2,2H3,(H,23,27). The SMILES string of the molecule is C#Cc1cccc(NC(=O)CN(C)C(=O)C2CCN(C(=O)N3CCCC3)CC2)c1. The van der Waals surface area contributed by atoms with E-state index in [1.54, 1.807) is 31.3 Å². The maximum absolute atomic E-state index is 12.7. The minimum absolute atomic E-state index is 0.0218. The van der Waals surface area contributed by atoms with Gasteiger partial charge in [-0.3, -0.25) is 9.59 Å². The van der Waals surface area contributed by atoms with Gasteiger partial charge in [0.05, 0.1) is 6.54 Å². The van der Waals surface area contributed by atoms with Crippen LogP contribution >= 0.6 is 0 Å². The van der Waals surface area contributed by atoms with E-state index in [-0.39, 0.29) is 30.3 Å². The van der Waals surface area contributed by atoms with Crippen molar-refractivity contribution in [2.75, 3.05) is 45.1 Å². The molecule has 1 N–H and O–H groups in total. The van der Waals surface area contributed by atoms with Gasteiger partial charge in [-0.05, 0) is 43.9 Å². The minimum Gasteiger partial charge on any atom is -0.336 e. The predicted octanol–water partition coefficient (Wildman–Crippen LogP) is 1.99. The van der Waals surface area contributed by atoms with E-state index in [1.807, 2.05) is 9.80 Å². The molecule has 0 saturated carbocycles. The van der Waals surface area contributed by atoms with Gasteiger partial charge < -0.3 is 20.0 Å². The number of terminal acetylenes is 1. The molecule has 0 atom stereocenters. The Labute approximate surface area is 172 Å². The van der Waals surface area contributed by atoms with Crippen molar-refractivity contribution >= 4 is 23.5 Å². The Kier molecular flexibility index (Phi) is 6.76. The lowest BCUT2D eigenvalue weighted by Gasteiger charge is -2.35. The molecule has 2 fully saturated rings. The van der Waals surface area contributed by atoms with Gasteiger partial charge in [0.15, 0.2) is 0 Å². The minimum atomic E-state index is -0.267. The molecule has 2 aliphatic heterocycles. The average Bonchev–Trinajstić information content (AvgIpc) is 3.27. The van der Waals surface area contributed by atoms with Crippen LogP contribution < -0.4 is 5.32 Å². The van der Waals surface area contributed by atoms with Crippen LogP contribution in [0.4, 0.5) is 10.5 Å². The highest BCUT2D eigenvalue weighted by molar-refractivity contribution is 5.95. The van der Waals surface area contributed by atoms with E-state index in [1.165, 1.54) is 4.90 Å². The van der Waals surface area contributed by atoms with E-state index < -0.39 is 0 Å². The van der Waals surface area contributed by atoms with E-state index in [4.69, 9.17) is 6.42 Å². The Bertz CT molecular complexity index is 803. The zero-order valence-electron chi connectivity index (χ0n) is 16.9. The summed E-state index contributed by atoms with van der Waals surface area (Å²) in [5, 5.41) is 2.77. The first-order chi connectivity index (χ1) is 14.0. The molecule has 154 valence electrons. The maximum atomic E-state index is 12.7. The van der Waals surface area contributed by atoms with Crippen molar-refractivity contribution in [1.29, 1.82) is 0 Å². The number of hydrogen-bond acceptors (Lipinski definition) is 3. The molecule has 0 unspecified atom stereocenters. The van der Waals surface area contributed by atoms with Gasteiger partial charge in [-0.2, -0.15) is 0 Å². The molecule has 1 aromatic carbocycles. The Morgan fingerprint density at radius 1 is 1.14 bits per heavy atom. The smallest absolute Gasteiger partial charge is 0.319 e. The number of likely N-dealkylation sites (N-methyl/N-ethyl adjacent to an activating group) is 1. The zero-order chi connectivity index (χ0) is 20.8. The second-order valence-corrected chi connectivity index (χ2v) is 7.71. The topological polar surface area (TPSA) is 73.0 Å². The highest BCUT2D eigenvalue weighted by Crippen LogP contribution is 2.21. The second kappa shape index (κ2) is 9.46. The fourth-order valence-corrected chi connectivity index (χ4v) is 3.92. The van der Waals surface area contributed by atoms with Crippen molar-refractivity contribution in [2.45, 2.75) is 25.7 Å². The second-order valence-electron chi connectivity index (χ2n) is 7.71. The van der Waals surface area contributed by atoms with Gasteiger partial charge in [0, 0.05) is 50.4 Å². The summed E-state index contributed by atoms with van der Waals surface area (Å²) in [6.45, 7) is 2.82. The van der Waals surface area contributed by atoms with Gasteiger partial charge in [0.2, 0.25) is 11.8 Å².